The normalized spacial score (nSPS) is 11.2. The summed E-state index contributed by atoms with van der Waals surface area (Å²) in [4.78, 5) is 0. The molecule has 0 saturated heterocycles. The summed E-state index contributed by atoms with van der Waals surface area (Å²) in [6.45, 7) is 0. The molecule has 3 aromatic carbocycles. The Kier molecular flexibility index (Phi) is 3.35. The first-order valence-corrected chi connectivity index (χ1v) is 6.56. The fourth-order valence-electron chi connectivity index (χ4n) is 1.99. The fraction of sp³-hybridized carbons (Fsp3) is 0. The molecule has 2 N–H and O–H groups in total. The maximum absolute atomic E-state index is 6.13. The molecule has 98 valence electrons. The Morgan fingerprint density at radius 1 is 0.800 bits per heavy atom. The van der Waals surface area contributed by atoms with Gasteiger partial charge in [0.1, 0.15) is 5.69 Å². The van der Waals surface area contributed by atoms with E-state index in [-0.39, 0.29) is 0 Å². The van der Waals surface area contributed by atoms with E-state index in [0.29, 0.717) is 16.4 Å². The summed E-state index contributed by atoms with van der Waals surface area (Å²) >= 11 is 5.83. The molecule has 0 aliphatic heterocycles. The highest BCUT2D eigenvalue weighted by Gasteiger charge is 2.03. The van der Waals surface area contributed by atoms with Crippen LogP contribution in [0.3, 0.4) is 0 Å². The lowest BCUT2D eigenvalue weighted by Gasteiger charge is -2.04. The molecule has 0 saturated carbocycles. The van der Waals surface area contributed by atoms with Crippen molar-refractivity contribution in [3.63, 3.8) is 0 Å². The zero-order valence-electron chi connectivity index (χ0n) is 10.6. The van der Waals surface area contributed by atoms with Gasteiger partial charge < -0.3 is 5.73 Å². The summed E-state index contributed by atoms with van der Waals surface area (Å²) in [6, 6.07) is 19.0. The van der Waals surface area contributed by atoms with Gasteiger partial charge in [0.05, 0.1) is 11.4 Å². The van der Waals surface area contributed by atoms with E-state index in [9.17, 15) is 0 Å². The quantitative estimate of drug-likeness (QED) is 0.490. The van der Waals surface area contributed by atoms with Crippen LogP contribution in [0.25, 0.3) is 10.8 Å². The average molecular weight is 282 g/mol. The SMILES string of the molecule is Nc1c(N=Nc2ccc(Cl)cc2)ccc2ccccc12. The molecule has 0 heterocycles. The number of halogens is 1. The Bertz CT molecular complexity index is 779. The fourth-order valence-corrected chi connectivity index (χ4v) is 2.12. The van der Waals surface area contributed by atoms with Crippen LogP contribution in [0.4, 0.5) is 17.1 Å². The van der Waals surface area contributed by atoms with Gasteiger partial charge in [-0.1, -0.05) is 41.9 Å². The molecule has 0 aromatic heterocycles. The minimum Gasteiger partial charge on any atom is -0.396 e. The second-order valence-electron chi connectivity index (χ2n) is 4.40. The Morgan fingerprint density at radius 2 is 1.55 bits per heavy atom. The van der Waals surface area contributed by atoms with Crippen LogP contribution < -0.4 is 5.73 Å². The van der Waals surface area contributed by atoms with E-state index < -0.39 is 0 Å². The van der Waals surface area contributed by atoms with Crippen LogP contribution in [0.2, 0.25) is 5.02 Å². The van der Waals surface area contributed by atoms with Crippen molar-refractivity contribution in [3.8, 4) is 0 Å². The average Bonchev–Trinajstić information content (AvgIpc) is 2.49. The van der Waals surface area contributed by atoms with Crippen LogP contribution in [-0.4, -0.2) is 0 Å². The van der Waals surface area contributed by atoms with Crippen LogP contribution in [0, 0.1) is 0 Å². The van der Waals surface area contributed by atoms with E-state index in [2.05, 4.69) is 10.2 Å². The molecular weight excluding hydrogens is 270 g/mol. The molecule has 4 heteroatoms. The second kappa shape index (κ2) is 5.31. The molecule has 0 spiro atoms. The van der Waals surface area contributed by atoms with E-state index in [1.54, 1.807) is 12.1 Å². The standard InChI is InChI=1S/C16H12ClN3/c17-12-6-8-13(9-7-12)19-20-15-10-5-11-3-1-2-4-14(11)16(15)18/h1-10H,18H2. The first kappa shape index (κ1) is 12.6. The highest BCUT2D eigenvalue weighted by molar-refractivity contribution is 6.30. The third kappa shape index (κ3) is 2.49. The monoisotopic (exact) mass is 281 g/mol. The Morgan fingerprint density at radius 3 is 2.35 bits per heavy atom. The number of azo groups is 1. The highest BCUT2D eigenvalue weighted by Crippen LogP contribution is 2.31. The van der Waals surface area contributed by atoms with E-state index in [1.807, 2.05) is 48.5 Å². The summed E-state index contributed by atoms with van der Waals surface area (Å²) in [5.74, 6) is 0. The van der Waals surface area contributed by atoms with Gasteiger partial charge in [0.2, 0.25) is 0 Å². The zero-order chi connectivity index (χ0) is 13.9. The van der Waals surface area contributed by atoms with Gasteiger partial charge >= 0.3 is 0 Å². The Hall–Kier alpha value is -2.39. The Balaban J connectivity index is 1.98. The van der Waals surface area contributed by atoms with Crippen LogP contribution in [0.5, 0.6) is 0 Å². The molecule has 0 fully saturated rings. The molecule has 0 amide bonds. The molecule has 0 aliphatic rings. The van der Waals surface area contributed by atoms with Crippen molar-refractivity contribution in [1.29, 1.82) is 0 Å². The van der Waals surface area contributed by atoms with E-state index in [1.165, 1.54) is 0 Å². The van der Waals surface area contributed by atoms with Gasteiger partial charge in [-0.3, -0.25) is 0 Å². The summed E-state index contributed by atoms with van der Waals surface area (Å²) in [5.41, 5.74) is 8.18. The van der Waals surface area contributed by atoms with Crippen LogP contribution in [-0.2, 0) is 0 Å². The predicted molar refractivity (Wildman–Crippen MR) is 84.0 cm³/mol. The maximum atomic E-state index is 6.13. The number of nitrogen functional groups attached to an aromatic ring is 1. The minimum atomic E-state index is 0.640. The summed E-state index contributed by atoms with van der Waals surface area (Å²) < 4.78 is 0. The van der Waals surface area contributed by atoms with Gasteiger partial charge in [0.25, 0.3) is 0 Å². The number of rotatable bonds is 2. The number of benzene rings is 3. The molecule has 0 aliphatic carbocycles. The molecule has 3 aromatic rings. The highest BCUT2D eigenvalue weighted by atomic mass is 35.5. The minimum absolute atomic E-state index is 0.640. The van der Waals surface area contributed by atoms with Crippen molar-refractivity contribution >= 4 is 39.4 Å². The lowest BCUT2D eigenvalue weighted by molar-refractivity contribution is 1.24. The molecule has 20 heavy (non-hydrogen) atoms. The molecular formula is C16H12ClN3. The molecule has 0 unspecified atom stereocenters. The lowest BCUT2D eigenvalue weighted by atomic mass is 10.1. The van der Waals surface area contributed by atoms with Crippen molar-refractivity contribution in [1.82, 2.24) is 0 Å². The van der Waals surface area contributed by atoms with Gasteiger partial charge in [-0.05, 0) is 35.7 Å². The number of hydrogen-bond donors (Lipinski definition) is 1. The van der Waals surface area contributed by atoms with Crippen LogP contribution in [0.15, 0.2) is 70.9 Å². The summed E-state index contributed by atoms with van der Waals surface area (Å²) in [7, 11) is 0. The number of nitrogens with zero attached hydrogens (tertiary/aromatic N) is 2. The molecule has 0 bridgehead atoms. The van der Waals surface area contributed by atoms with Crippen molar-refractivity contribution in [2.45, 2.75) is 0 Å². The van der Waals surface area contributed by atoms with Crippen molar-refractivity contribution in [2.75, 3.05) is 5.73 Å². The first-order valence-electron chi connectivity index (χ1n) is 6.18. The zero-order valence-corrected chi connectivity index (χ0v) is 11.4. The number of anilines is 1. The van der Waals surface area contributed by atoms with Gasteiger partial charge in [0.15, 0.2) is 0 Å². The van der Waals surface area contributed by atoms with Crippen LogP contribution >= 0.6 is 11.6 Å². The van der Waals surface area contributed by atoms with Gasteiger partial charge in [0, 0.05) is 10.4 Å². The second-order valence-corrected chi connectivity index (χ2v) is 4.83. The van der Waals surface area contributed by atoms with E-state index in [0.717, 1.165) is 16.5 Å². The third-order valence-corrected chi connectivity index (χ3v) is 3.30. The van der Waals surface area contributed by atoms with Crippen LogP contribution in [0.1, 0.15) is 0 Å². The Labute approximate surface area is 121 Å². The number of hydrogen-bond acceptors (Lipinski definition) is 3. The largest absolute Gasteiger partial charge is 0.396 e. The lowest BCUT2D eigenvalue weighted by Crippen LogP contribution is -1.87. The van der Waals surface area contributed by atoms with Gasteiger partial charge in [-0.25, -0.2) is 0 Å². The number of fused-ring (bicyclic) bond motifs is 1. The van der Waals surface area contributed by atoms with E-state index in [4.69, 9.17) is 17.3 Å². The topological polar surface area (TPSA) is 50.7 Å². The third-order valence-electron chi connectivity index (χ3n) is 3.05. The maximum Gasteiger partial charge on any atom is 0.109 e. The number of nitrogens with two attached hydrogens (primary N) is 1. The summed E-state index contributed by atoms with van der Waals surface area (Å²) in [6.07, 6.45) is 0. The van der Waals surface area contributed by atoms with E-state index >= 15 is 0 Å². The van der Waals surface area contributed by atoms with Gasteiger partial charge in [-0.15, -0.1) is 5.11 Å². The smallest absolute Gasteiger partial charge is 0.109 e. The van der Waals surface area contributed by atoms with Crippen molar-refractivity contribution < 1.29 is 0 Å². The van der Waals surface area contributed by atoms with Gasteiger partial charge in [-0.2, -0.15) is 5.11 Å². The summed E-state index contributed by atoms with van der Waals surface area (Å²) in [5, 5.41) is 11.1. The molecule has 3 nitrogen and oxygen atoms in total. The van der Waals surface area contributed by atoms with Crippen molar-refractivity contribution in [3.05, 3.63) is 65.7 Å². The molecule has 3 rings (SSSR count). The molecule has 0 radical (unpaired) electrons. The first-order chi connectivity index (χ1) is 9.74. The predicted octanol–water partition coefficient (Wildman–Crippen LogP) is 5.49. The van der Waals surface area contributed by atoms with Crippen molar-refractivity contribution in [2.24, 2.45) is 10.2 Å². The molecule has 0 atom stereocenters.